The van der Waals surface area contributed by atoms with E-state index in [0.29, 0.717) is 24.9 Å². The van der Waals surface area contributed by atoms with Gasteiger partial charge in [0.1, 0.15) is 6.54 Å². The largest absolute Gasteiger partial charge is 0.357 e. The third-order valence-corrected chi connectivity index (χ3v) is 5.48. The molecular weight excluding hydrogens is 352 g/mol. The zero-order valence-corrected chi connectivity index (χ0v) is 16.6. The van der Waals surface area contributed by atoms with Crippen LogP contribution < -0.4 is 10.2 Å². The first-order valence-corrected chi connectivity index (χ1v) is 10.0. The Hall–Kier alpha value is -2.83. The van der Waals surface area contributed by atoms with E-state index < -0.39 is 0 Å². The molecule has 1 saturated carbocycles. The Kier molecular flexibility index (Phi) is 5.32. The molecule has 148 valence electrons. The molecule has 2 fully saturated rings. The van der Waals surface area contributed by atoms with Gasteiger partial charge in [0.15, 0.2) is 5.96 Å². The van der Waals surface area contributed by atoms with Gasteiger partial charge >= 0.3 is 0 Å². The van der Waals surface area contributed by atoms with Gasteiger partial charge in [0.05, 0.1) is 11.9 Å². The van der Waals surface area contributed by atoms with E-state index >= 15 is 0 Å². The van der Waals surface area contributed by atoms with Crippen molar-refractivity contribution in [3.63, 3.8) is 0 Å². The van der Waals surface area contributed by atoms with E-state index in [0.717, 1.165) is 31.3 Å². The normalized spacial score (nSPS) is 22.5. The second kappa shape index (κ2) is 8.04. The van der Waals surface area contributed by atoms with Crippen molar-refractivity contribution in [1.29, 1.82) is 0 Å². The number of amides is 1. The second-order valence-electron chi connectivity index (χ2n) is 7.55. The number of aryl methyl sites for hydroxylation is 1. The standard InChI is InChI=1S/C21H28N6O/c1-3-22-21(23-12-17-11-19(17)16-7-5-4-6-8-16)26-9-10-27(20(28)15-26)18-13-24-25(2)14-18/h4-8,13-14,17,19H,3,9-12,15H2,1-2H3,(H,22,23). The van der Waals surface area contributed by atoms with Crippen molar-refractivity contribution in [2.45, 2.75) is 19.3 Å². The summed E-state index contributed by atoms with van der Waals surface area (Å²) >= 11 is 0. The number of carbonyl (C=O) groups is 1. The van der Waals surface area contributed by atoms with Crippen LogP contribution >= 0.6 is 0 Å². The highest BCUT2D eigenvalue weighted by atomic mass is 16.2. The molecule has 2 aliphatic rings. The van der Waals surface area contributed by atoms with E-state index in [1.54, 1.807) is 15.8 Å². The van der Waals surface area contributed by atoms with Crippen molar-refractivity contribution >= 4 is 17.6 Å². The summed E-state index contributed by atoms with van der Waals surface area (Å²) in [4.78, 5) is 21.4. The highest BCUT2D eigenvalue weighted by Crippen LogP contribution is 2.47. The Morgan fingerprint density at radius 1 is 1.29 bits per heavy atom. The lowest BCUT2D eigenvalue weighted by Gasteiger charge is -2.35. The van der Waals surface area contributed by atoms with E-state index in [4.69, 9.17) is 4.99 Å². The Morgan fingerprint density at radius 2 is 2.11 bits per heavy atom. The number of hydrogen-bond donors (Lipinski definition) is 1. The number of aliphatic imine (C=N–C) groups is 1. The third-order valence-electron chi connectivity index (χ3n) is 5.48. The van der Waals surface area contributed by atoms with Crippen LogP contribution in [0.4, 0.5) is 5.69 Å². The molecule has 1 aliphatic carbocycles. The molecule has 2 heterocycles. The number of nitrogens with one attached hydrogen (secondary N) is 1. The first-order valence-electron chi connectivity index (χ1n) is 10.0. The molecule has 2 aromatic rings. The molecule has 4 rings (SSSR count). The maximum absolute atomic E-state index is 12.7. The molecule has 2 unspecified atom stereocenters. The van der Waals surface area contributed by atoms with Crippen LogP contribution in [0.15, 0.2) is 47.7 Å². The molecule has 0 spiro atoms. The minimum Gasteiger partial charge on any atom is -0.357 e. The van der Waals surface area contributed by atoms with Gasteiger partial charge in [-0.2, -0.15) is 5.10 Å². The molecule has 7 nitrogen and oxygen atoms in total. The topological polar surface area (TPSA) is 65.8 Å². The van der Waals surface area contributed by atoms with E-state index in [-0.39, 0.29) is 5.91 Å². The lowest BCUT2D eigenvalue weighted by Crippen LogP contribution is -2.55. The zero-order valence-electron chi connectivity index (χ0n) is 16.6. The highest BCUT2D eigenvalue weighted by Gasteiger charge is 2.38. The van der Waals surface area contributed by atoms with E-state index in [9.17, 15) is 4.79 Å². The second-order valence-corrected chi connectivity index (χ2v) is 7.55. The number of piperazine rings is 1. The van der Waals surface area contributed by atoms with E-state index in [1.807, 2.05) is 13.2 Å². The summed E-state index contributed by atoms with van der Waals surface area (Å²) < 4.78 is 1.72. The van der Waals surface area contributed by atoms with Crippen LogP contribution in [0, 0.1) is 5.92 Å². The number of hydrogen-bond acceptors (Lipinski definition) is 3. The lowest BCUT2D eigenvalue weighted by atomic mass is 10.1. The van der Waals surface area contributed by atoms with E-state index in [2.05, 4.69) is 52.6 Å². The summed E-state index contributed by atoms with van der Waals surface area (Å²) in [5.41, 5.74) is 2.27. The van der Waals surface area contributed by atoms with Gasteiger partial charge < -0.3 is 15.1 Å². The van der Waals surface area contributed by atoms with Crippen LogP contribution in [-0.4, -0.2) is 59.3 Å². The highest BCUT2D eigenvalue weighted by molar-refractivity contribution is 5.98. The Bertz CT molecular complexity index is 846. The van der Waals surface area contributed by atoms with Crippen LogP contribution in [0.1, 0.15) is 24.8 Å². The maximum Gasteiger partial charge on any atom is 0.246 e. The summed E-state index contributed by atoms with van der Waals surface area (Å²) in [5, 5.41) is 7.53. The molecule has 28 heavy (non-hydrogen) atoms. The number of aromatic nitrogens is 2. The number of guanidine groups is 1. The van der Waals surface area contributed by atoms with Gasteiger partial charge in [-0.1, -0.05) is 30.3 Å². The quantitative estimate of drug-likeness (QED) is 0.635. The summed E-state index contributed by atoms with van der Waals surface area (Å²) in [7, 11) is 1.86. The number of nitrogens with zero attached hydrogens (tertiary/aromatic N) is 5. The first-order chi connectivity index (χ1) is 13.7. The van der Waals surface area contributed by atoms with Crippen LogP contribution in [-0.2, 0) is 11.8 Å². The molecule has 1 N–H and O–H groups in total. The summed E-state index contributed by atoms with van der Waals surface area (Å²) in [6.07, 6.45) is 4.81. The molecule has 1 saturated heterocycles. The maximum atomic E-state index is 12.7. The SMILES string of the molecule is CCNC(=NCC1CC1c1ccccc1)N1CCN(c2cnn(C)c2)C(=O)C1. The summed E-state index contributed by atoms with van der Waals surface area (Å²) in [5.74, 6) is 2.15. The average molecular weight is 380 g/mol. The first kappa shape index (κ1) is 18.5. The van der Waals surface area contributed by atoms with Crippen molar-refractivity contribution in [1.82, 2.24) is 20.0 Å². The molecule has 7 heteroatoms. The van der Waals surface area contributed by atoms with Crippen molar-refractivity contribution < 1.29 is 4.79 Å². The van der Waals surface area contributed by atoms with Gasteiger partial charge in [-0.3, -0.25) is 14.5 Å². The minimum atomic E-state index is 0.0819. The number of benzene rings is 1. The van der Waals surface area contributed by atoms with Crippen molar-refractivity contribution in [2.24, 2.45) is 18.0 Å². The van der Waals surface area contributed by atoms with Crippen molar-refractivity contribution in [3.8, 4) is 0 Å². The Balaban J connectivity index is 1.37. The van der Waals surface area contributed by atoms with Crippen molar-refractivity contribution in [2.75, 3.05) is 37.6 Å². The Labute approximate surface area is 166 Å². The molecule has 1 aromatic carbocycles. The fourth-order valence-corrected chi connectivity index (χ4v) is 3.86. The summed E-state index contributed by atoms with van der Waals surface area (Å²) in [6.45, 7) is 5.41. The van der Waals surface area contributed by atoms with Gasteiger partial charge in [0, 0.05) is 39.4 Å². The molecule has 2 atom stereocenters. The lowest BCUT2D eigenvalue weighted by molar-refractivity contribution is -0.120. The molecule has 0 radical (unpaired) electrons. The molecular formula is C21H28N6O. The van der Waals surface area contributed by atoms with Crippen LogP contribution in [0.25, 0.3) is 0 Å². The van der Waals surface area contributed by atoms with Gasteiger partial charge in [-0.25, -0.2) is 0 Å². The van der Waals surface area contributed by atoms with Crippen LogP contribution in [0.5, 0.6) is 0 Å². The van der Waals surface area contributed by atoms with Gasteiger partial charge in [-0.15, -0.1) is 0 Å². The molecule has 1 aromatic heterocycles. The van der Waals surface area contributed by atoms with Crippen LogP contribution in [0.2, 0.25) is 0 Å². The molecule has 1 amide bonds. The number of carbonyl (C=O) groups excluding carboxylic acids is 1. The molecule has 0 bridgehead atoms. The summed E-state index contributed by atoms with van der Waals surface area (Å²) in [6, 6.07) is 10.7. The zero-order chi connectivity index (χ0) is 19.5. The monoisotopic (exact) mass is 380 g/mol. The fourth-order valence-electron chi connectivity index (χ4n) is 3.86. The van der Waals surface area contributed by atoms with Gasteiger partial charge in [0.2, 0.25) is 5.91 Å². The van der Waals surface area contributed by atoms with E-state index in [1.165, 1.54) is 12.0 Å². The predicted molar refractivity (Wildman–Crippen MR) is 110 cm³/mol. The molecule has 1 aliphatic heterocycles. The van der Waals surface area contributed by atoms with Crippen LogP contribution in [0.3, 0.4) is 0 Å². The smallest absolute Gasteiger partial charge is 0.246 e. The number of anilines is 1. The minimum absolute atomic E-state index is 0.0819. The predicted octanol–water partition coefficient (Wildman–Crippen LogP) is 1.84. The third kappa shape index (κ3) is 4.03. The van der Waals surface area contributed by atoms with Gasteiger partial charge in [-0.05, 0) is 30.7 Å². The fraction of sp³-hybridized carbons (Fsp3) is 0.476. The van der Waals surface area contributed by atoms with Crippen molar-refractivity contribution in [3.05, 3.63) is 48.3 Å². The number of rotatable bonds is 5. The van der Waals surface area contributed by atoms with Gasteiger partial charge in [0.25, 0.3) is 0 Å². The Morgan fingerprint density at radius 3 is 2.79 bits per heavy atom. The average Bonchev–Trinajstić information content (AvgIpc) is 3.37.